The molecule has 2 aromatic rings. The van der Waals surface area contributed by atoms with E-state index in [1.54, 1.807) is 18.5 Å². The van der Waals surface area contributed by atoms with E-state index >= 15 is 0 Å². The van der Waals surface area contributed by atoms with Crippen LogP contribution in [0, 0.1) is 0 Å². The second kappa shape index (κ2) is 5.26. The van der Waals surface area contributed by atoms with E-state index in [1.165, 1.54) is 11.2 Å². The third-order valence-corrected chi connectivity index (χ3v) is 5.31. The number of benzene rings is 1. The van der Waals surface area contributed by atoms with Crippen molar-refractivity contribution in [3.8, 4) is 0 Å². The quantitative estimate of drug-likeness (QED) is 0.831. The Hall–Kier alpha value is -0.900. The molecule has 0 aliphatic carbocycles. The highest BCUT2D eigenvalue weighted by Crippen LogP contribution is 2.51. The van der Waals surface area contributed by atoms with Crippen LogP contribution in [0.2, 0.25) is 0 Å². The third kappa shape index (κ3) is 2.78. The molecule has 6 heteroatoms. The molecule has 0 saturated heterocycles. The van der Waals surface area contributed by atoms with Crippen LogP contribution in [0.15, 0.2) is 41.6 Å². The zero-order valence-electron chi connectivity index (χ0n) is 8.12. The summed E-state index contributed by atoms with van der Waals surface area (Å²) in [5.41, 5.74) is 0.793. The highest BCUT2D eigenvalue weighted by atomic mass is 32.7. The number of nitrogens with zero attached hydrogens (tertiary/aromatic N) is 2. The summed E-state index contributed by atoms with van der Waals surface area (Å²) in [6.07, 6.45) is 1.50. The summed E-state index contributed by atoms with van der Waals surface area (Å²) in [6.45, 7) is 0. The molecule has 4 nitrogen and oxygen atoms in total. The minimum atomic E-state index is -0.805. The Balaban J connectivity index is 2.10. The average Bonchev–Trinajstić information content (AvgIpc) is 2.81. The van der Waals surface area contributed by atoms with Crippen LogP contribution < -0.4 is 5.57 Å². The molecular weight excluding hydrogens is 229 g/mol. The van der Waals surface area contributed by atoms with E-state index in [0.29, 0.717) is 0 Å². The Labute approximate surface area is 93.0 Å². The molecule has 78 valence electrons. The molecule has 1 heterocycles. The number of rotatable bonds is 4. The standard InChI is InChI=1S/C9H10N3OPS/c1-13-14(9-10-7-11-12-9)15-8-5-3-2-4-6-8/h2-7H,1H3,(H,10,11,12). The summed E-state index contributed by atoms with van der Waals surface area (Å²) in [5.74, 6) is 0. The first kappa shape index (κ1) is 10.6. The topological polar surface area (TPSA) is 50.8 Å². The molecule has 1 N–H and O–H groups in total. The fourth-order valence-electron chi connectivity index (χ4n) is 1.03. The van der Waals surface area contributed by atoms with Crippen LogP contribution in [0.3, 0.4) is 0 Å². The second-order valence-corrected chi connectivity index (χ2v) is 6.15. The van der Waals surface area contributed by atoms with Gasteiger partial charge in [-0.3, -0.25) is 5.10 Å². The van der Waals surface area contributed by atoms with Gasteiger partial charge in [0.15, 0.2) is 12.9 Å². The van der Waals surface area contributed by atoms with E-state index in [9.17, 15) is 0 Å². The molecule has 0 spiro atoms. The summed E-state index contributed by atoms with van der Waals surface area (Å²) in [6, 6.07) is 10.1. The highest BCUT2D eigenvalue weighted by molar-refractivity contribution is 8.56. The van der Waals surface area contributed by atoms with Crippen LogP contribution in [0.5, 0.6) is 0 Å². The number of H-pyrrole nitrogens is 1. The van der Waals surface area contributed by atoms with Crippen molar-refractivity contribution in [3.63, 3.8) is 0 Å². The van der Waals surface area contributed by atoms with Gasteiger partial charge >= 0.3 is 0 Å². The monoisotopic (exact) mass is 239 g/mol. The maximum absolute atomic E-state index is 5.39. The van der Waals surface area contributed by atoms with E-state index in [0.717, 1.165) is 5.57 Å². The van der Waals surface area contributed by atoms with Crippen LogP contribution >= 0.6 is 18.7 Å². The summed E-state index contributed by atoms with van der Waals surface area (Å²) in [5, 5.41) is 6.65. The van der Waals surface area contributed by atoms with Gasteiger partial charge in [-0.05, 0) is 12.1 Å². The summed E-state index contributed by atoms with van der Waals surface area (Å²) in [4.78, 5) is 5.27. The normalized spacial score (nSPS) is 12.6. The van der Waals surface area contributed by atoms with Gasteiger partial charge in [0, 0.05) is 12.0 Å². The molecule has 0 radical (unpaired) electrons. The van der Waals surface area contributed by atoms with Gasteiger partial charge < -0.3 is 4.52 Å². The molecular formula is C9H10N3OPS. The Morgan fingerprint density at radius 2 is 2.13 bits per heavy atom. The zero-order valence-corrected chi connectivity index (χ0v) is 9.83. The van der Waals surface area contributed by atoms with E-state index < -0.39 is 7.35 Å². The fraction of sp³-hybridized carbons (Fsp3) is 0.111. The zero-order chi connectivity index (χ0) is 10.5. The van der Waals surface area contributed by atoms with Crippen molar-refractivity contribution in [3.05, 3.63) is 36.7 Å². The first-order valence-corrected chi connectivity index (χ1v) is 7.01. The Bertz CT molecular complexity index is 395. The van der Waals surface area contributed by atoms with Crippen molar-refractivity contribution in [2.75, 3.05) is 7.11 Å². The van der Waals surface area contributed by atoms with Gasteiger partial charge in [0.05, 0.1) is 0 Å². The summed E-state index contributed by atoms with van der Waals surface area (Å²) in [7, 11) is 0.879. The van der Waals surface area contributed by atoms with Gasteiger partial charge in [-0.2, -0.15) is 5.10 Å². The lowest BCUT2D eigenvalue weighted by Gasteiger charge is -2.10. The molecule has 0 fully saturated rings. The molecule has 1 aromatic heterocycles. The number of nitrogens with one attached hydrogen (secondary N) is 1. The highest BCUT2D eigenvalue weighted by Gasteiger charge is 2.15. The molecule has 1 aromatic carbocycles. The molecule has 15 heavy (non-hydrogen) atoms. The van der Waals surface area contributed by atoms with Crippen molar-refractivity contribution >= 4 is 24.3 Å². The lowest BCUT2D eigenvalue weighted by molar-refractivity contribution is 0.477. The van der Waals surface area contributed by atoms with Crippen LogP contribution in [0.4, 0.5) is 0 Å². The van der Waals surface area contributed by atoms with E-state index in [2.05, 4.69) is 27.3 Å². The van der Waals surface area contributed by atoms with Gasteiger partial charge in [-0.15, -0.1) is 0 Å². The Morgan fingerprint density at radius 1 is 1.33 bits per heavy atom. The first-order valence-electron chi connectivity index (χ1n) is 4.33. The van der Waals surface area contributed by atoms with Crippen molar-refractivity contribution in [2.45, 2.75) is 4.90 Å². The van der Waals surface area contributed by atoms with Crippen LogP contribution in [-0.4, -0.2) is 22.3 Å². The average molecular weight is 239 g/mol. The first-order chi connectivity index (χ1) is 7.40. The van der Waals surface area contributed by atoms with Gasteiger partial charge in [0.25, 0.3) is 0 Å². The lowest BCUT2D eigenvalue weighted by atomic mass is 10.4. The van der Waals surface area contributed by atoms with Crippen molar-refractivity contribution in [2.24, 2.45) is 0 Å². The van der Waals surface area contributed by atoms with E-state index in [1.807, 2.05) is 18.2 Å². The fourth-order valence-corrected chi connectivity index (χ4v) is 3.81. The minimum Gasteiger partial charge on any atom is -0.344 e. The predicted octanol–water partition coefficient (Wildman–Crippen LogP) is 2.18. The molecule has 0 aliphatic rings. The molecule has 0 bridgehead atoms. The lowest BCUT2D eigenvalue weighted by Crippen LogP contribution is -2.04. The van der Waals surface area contributed by atoms with Crippen molar-refractivity contribution in [1.29, 1.82) is 0 Å². The third-order valence-electron chi connectivity index (χ3n) is 1.67. The second-order valence-electron chi connectivity index (χ2n) is 2.65. The van der Waals surface area contributed by atoms with Gasteiger partial charge in [0.1, 0.15) is 6.33 Å². The van der Waals surface area contributed by atoms with Crippen molar-refractivity contribution < 1.29 is 4.52 Å². The molecule has 0 amide bonds. The predicted molar refractivity (Wildman–Crippen MR) is 62.2 cm³/mol. The molecule has 0 aliphatic heterocycles. The number of hydrogen-bond acceptors (Lipinski definition) is 4. The Kier molecular flexibility index (Phi) is 3.72. The molecule has 1 atom stereocenters. The van der Waals surface area contributed by atoms with Gasteiger partial charge in [-0.1, -0.05) is 29.6 Å². The van der Waals surface area contributed by atoms with Crippen LogP contribution in [0.25, 0.3) is 0 Å². The Morgan fingerprint density at radius 3 is 2.73 bits per heavy atom. The summed E-state index contributed by atoms with van der Waals surface area (Å²) < 4.78 is 5.39. The van der Waals surface area contributed by atoms with Crippen LogP contribution in [-0.2, 0) is 4.52 Å². The summed E-state index contributed by atoms with van der Waals surface area (Å²) >= 11 is 1.66. The van der Waals surface area contributed by atoms with E-state index in [4.69, 9.17) is 4.52 Å². The number of aromatic amines is 1. The molecule has 0 saturated carbocycles. The van der Waals surface area contributed by atoms with Crippen LogP contribution in [0.1, 0.15) is 0 Å². The van der Waals surface area contributed by atoms with Gasteiger partial charge in [-0.25, -0.2) is 4.98 Å². The largest absolute Gasteiger partial charge is 0.344 e. The number of hydrogen-bond donors (Lipinski definition) is 1. The molecule has 1 unspecified atom stereocenters. The smallest absolute Gasteiger partial charge is 0.186 e. The van der Waals surface area contributed by atoms with E-state index in [-0.39, 0.29) is 0 Å². The maximum Gasteiger partial charge on any atom is 0.186 e. The molecule has 2 rings (SSSR count). The SMILES string of the molecule is COP(Sc1ccccc1)c1ncn[nH]1. The maximum atomic E-state index is 5.39. The van der Waals surface area contributed by atoms with Gasteiger partial charge in [0.2, 0.25) is 0 Å². The van der Waals surface area contributed by atoms with Crippen molar-refractivity contribution in [1.82, 2.24) is 15.2 Å². The number of aromatic nitrogens is 3. The minimum absolute atomic E-state index is 0.793.